The van der Waals surface area contributed by atoms with Crippen LogP contribution in [0, 0.1) is 5.41 Å². The second-order valence-corrected chi connectivity index (χ2v) is 6.59. The summed E-state index contributed by atoms with van der Waals surface area (Å²) in [5.41, 5.74) is 3.04. The molecule has 0 saturated heterocycles. The molecule has 1 aliphatic rings. The van der Waals surface area contributed by atoms with Gasteiger partial charge < -0.3 is 9.88 Å². The monoisotopic (exact) mass is 235 g/mol. The molecule has 1 N–H and O–H groups in total. The fourth-order valence-corrected chi connectivity index (χ4v) is 2.48. The maximum absolute atomic E-state index is 4.83. The standard InChI is InChI=1S/C14H25N3/c1-10(2)13-16-11-8-15-7-6-12(11)17(13)9-14(3,4)5/h10,15H,6-9H2,1-5H3. The number of rotatable bonds is 2. The van der Waals surface area contributed by atoms with Crippen molar-refractivity contribution in [2.24, 2.45) is 5.41 Å². The van der Waals surface area contributed by atoms with Crippen LogP contribution in [0.3, 0.4) is 0 Å². The van der Waals surface area contributed by atoms with E-state index < -0.39 is 0 Å². The summed E-state index contributed by atoms with van der Waals surface area (Å²) >= 11 is 0. The number of nitrogens with one attached hydrogen (secondary N) is 1. The summed E-state index contributed by atoms with van der Waals surface area (Å²) in [4.78, 5) is 4.83. The zero-order valence-corrected chi connectivity index (χ0v) is 11.8. The van der Waals surface area contributed by atoms with Crippen LogP contribution in [0.5, 0.6) is 0 Å². The third kappa shape index (κ3) is 2.71. The number of imidazole rings is 1. The molecule has 3 heteroatoms. The molecule has 0 spiro atoms. The van der Waals surface area contributed by atoms with Gasteiger partial charge in [0.2, 0.25) is 0 Å². The molecular weight excluding hydrogens is 210 g/mol. The first-order valence-electron chi connectivity index (χ1n) is 6.67. The second kappa shape index (κ2) is 4.45. The SMILES string of the molecule is CC(C)c1nc2c(n1CC(C)(C)C)CCNC2. The van der Waals surface area contributed by atoms with Crippen LogP contribution in [0.25, 0.3) is 0 Å². The molecule has 2 rings (SSSR count). The normalized spacial score (nSPS) is 16.4. The van der Waals surface area contributed by atoms with Gasteiger partial charge in [0, 0.05) is 37.7 Å². The predicted molar refractivity (Wildman–Crippen MR) is 71.2 cm³/mol. The van der Waals surface area contributed by atoms with E-state index in [1.165, 1.54) is 17.2 Å². The van der Waals surface area contributed by atoms with Crippen LogP contribution in [-0.2, 0) is 19.5 Å². The van der Waals surface area contributed by atoms with E-state index in [2.05, 4.69) is 44.5 Å². The van der Waals surface area contributed by atoms with Crippen LogP contribution in [0.4, 0.5) is 0 Å². The average molecular weight is 235 g/mol. The molecule has 0 radical (unpaired) electrons. The van der Waals surface area contributed by atoms with Crippen molar-refractivity contribution in [1.82, 2.24) is 14.9 Å². The highest BCUT2D eigenvalue weighted by molar-refractivity contribution is 5.22. The minimum Gasteiger partial charge on any atom is -0.331 e. The fraction of sp³-hybridized carbons (Fsp3) is 0.786. The molecule has 0 aromatic carbocycles. The minimum absolute atomic E-state index is 0.309. The molecule has 0 atom stereocenters. The van der Waals surface area contributed by atoms with E-state index in [0.717, 1.165) is 26.1 Å². The number of nitrogens with zero attached hydrogens (tertiary/aromatic N) is 2. The molecule has 0 saturated carbocycles. The molecule has 0 amide bonds. The van der Waals surface area contributed by atoms with Gasteiger partial charge in [0.1, 0.15) is 5.82 Å². The molecule has 17 heavy (non-hydrogen) atoms. The van der Waals surface area contributed by atoms with E-state index in [4.69, 9.17) is 4.98 Å². The third-order valence-electron chi connectivity index (χ3n) is 3.16. The number of aromatic nitrogens is 2. The summed E-state index contributed by atoms with van der Waals surface area (Å²) < 4.78 is 2.47. The van der Waals surface area contributed by atoms with E-state index in [-0.39, 0.29) is 0 Å². The van der Waals surface area contributed by atoms with Crippen LogP contribution in [0.1, 0.15) is 57.7 Å². The molecule has 2 heterocycles. The number of hydrogen-bond acceptors (Lipinski definition) is 2. The first-order chi connectivity index (χ1) is 7.88. The molecule has 1 aromatic heterocycles. The van der Waals surface area contributed by atoms with Crippen LogP contribution in [0.2, 0.25) is 0 Å². The summed E-state index contributed by atoms with van der Waals surface area (Å²) in [7, 11) is 0. The Morgan fingerprint density at radius 1 is 1.35 bits per heavy atom. The van der Waals surface area contributed by atoms with Crippen molar-refractivity contribution in [3.63, 3.8) is 0 Å². The van der Waals surface area contributed by atoms with Gasteiger partial charge in [-0.25, -0.2) is 4.98 Å². The van der Waals surface area contributed by atoms with Gasteiger partial charge in [0.25, 0.3) is 0 Å². The third-order valence-corrected chi connectivity index (χ3v) is 3.16. The molecular formula is C14H25N3. The van der Waals surface area contributed by atoms with Gasteiger partial charge in [0.15, 0.2) is 0 Å². The van der Waals surface area contributed by atoms with Gasteiger partial charge in [-0.05, 0) is 5.41 Å². The van der Waals surface area contributed by atoms with E-state index in [1.54, 1.807) is 0 Å². The largest absolute Gasteiger partial charge is 0.331 e. The van der Waals surface area contributed by atoms with Crippen molar-refractivity contribution < 1.29 is 0 Å². The lowest BCUT2D eigenvalue weighted by molar-refractivity contribution is 0.329. The minimum atomic E-state index is 0.309. The summed E-state index contributed by atoms with van der Waals surface area (Å²) in [6.45, 7) is 14.5. The molecule has 0 unspecified atom stereocenters. The van der Waals surface area contributed by atoms with Gasteiger partial charge in [0.05, 0.1) is 5.69 Å². The summed E-state index contributed by atoms with van der Waals surface area (Å²) in [6, 6.07) is 0. The van der Waals surface area contributed by atoms with Crippen LogP contribution < -0.4 is 5.32 Å². The molecule has 3 nitrogen and oxygen atoms in total. The second-order valence-electron chi connectivity index (χ2n) is 6.59. The predicted octanol–water partition coefficient (Wildman–Crippen LogP) is 2.70. The van der Waals surface area contributed by atoms with Crippen LogP contribution in [-0.4, -0.2) is 16.1 Å². The average Bonchev–Trinajstić information content (AvgIpc) is 2.55. The Labute approximate surface area is 105 Å². The summed E-state index contributed by atoms with van der Waals surface area (Å²) in [5, 5.41) is 3.41. The molecule has 0 fully saturated rings. The highest BCUT2D eigenvalue weighted by atomic mass is 15.1. The van der Waals surface area contributed by atoms with Crippen molar-refractivity contribution in [2.75, 3.05) is 6.54 Å². The highest BCUT2D eigenvalue weighted by Crippen LogP contribution is 2.26. The molecule has 96 valence electrons. The topological polar surface area (TPSA) is 29.9 Å². The Hall–Kier alpha value is -0.830. The van der Waals surface area contributed by atoms with E-state index >= 15 is 0 Å². The van der Waals surface area contributed by atoms with Gasteiger partial charge in [-0.15, -0.1) is 0 Å². The number of hydrogen-bond donors (Lipinski definition) is 1. The van der Waals surface area contributed by atoms with Gasteiger partial charge >= 0.3 is 0 Å². The lowest BCUT2D eigenvalue weighted by atomic mass is 9.96. The molecule has 1 aromatic rings. The Morgan fingerprint density at radius 2 is 2.06 bits per heavy atom. The Bertz CT molecular complexity index is 396. The van der Waals surface area contributed by atoms with Crippen molar-refractivity contribution in [2.45, 2.75) is 60.0 Å². The van der Waals surface area contributed by atoms with Crippen molar-refractivity contribution >= 4 is 0 Å². The maximum Gasteiger partial charge on any atom is 0.111 e. The van der Waals surface area contributed by atoms with Gasteiger partial charge in [-0.1, -0.05) is 34.6 Å². The lowest BCUT2D eigenvalue weighted by Crippen LogP contribution is -2.27. The van der Waals surface area contributed by atoms with Crippen LogP contribution >= 0.6 is 0 Å². The fourth-order valence-electron chi connectivity index (χ4n) is 2.48. The quantitative estimate of drug-likeness (QED) is 0.854. The summed E-state index contributed by atoms with van der Waals surface area (Å²) in [5.74, 6) is 1.76. The van der Waals surface area contributed by atoms with Crippen molar-refractivity contribution in [1.29, 1.82) is 0 Å². The Kier molecular flexibility index (Phi) is 3.30. The number of fused-ring (bicyclic) bond motifs is 1. The first-order valence-corrected chi connectivity index (χ1v) is 6.67. The van der Waals surface area contributed by atoms with E-state index in [0.29, 0.717) is 11.3 Å². The first kappa shape index (κ1) is 12.6. The van der Waals surface area contributed by atoms with E-state index in [9.17, 15) is 0 Å². The van der Waals surface area contributed by atoms with E-state index in [1.807, 2.05) is 0 Å². The lowest BCUT2D eigenvalue weighted by Gasteiger charge is -2.24. The molecule has 0 aliphatic carbocycles. The van der Waals surface area contributed by atoms with Crippen molar-refractivity contribution in [3.8, 4) is 0 Å². The van der Waals surface area contributed by atoms with Gasteiger partial charge in [-0.2, -0.15) is 0 Å². The van der Waals surface area contributed by atoms with Crippen LogP contribution in [0.15, 0.2) is 0 Å². The zero-order chi connectivity index (χ0) is 12.6. The Balaban J connectivity index is 2.42. The van der Waals surface area contributed by atoms with Crippen molar-refractivity contribution in [3.05, 3.63) is 17.2 Å². The summed E-state index contributed by atoms with van der Waals surface area (Å²) in [6.07, 6.45) is 1.12. The smallest absolute Gasteiger partial charge is 0.111 e. The molecule has 1 aliphatic heterocycles. The zero-order valence-electron chi connectivity index (χ0n) is 11.8. The van der Waals surface area contributed by atoms with Gasteiger partial charge in [-0.3, -0.25) is 0 Å². The maximum atomic E-state index is 4.83. The highest BCUT2D eigenvalue weighted by Gasteiger charge is 2.24. The Morgan fingerprint density at radius 3 is 2.65 bits per heavy atom. The molecule has 0 bridgehead atoms.